The molecule has 4 nitrogen and oxygen atoms in total. The van der Waals surface area contributed by atoms with Crippen molar-refractivity contribution in [1.82, 2.24) is 14.5 Å². The van der Waals surface area contributed by atoms with Gasteiger partial charge in [-0.25, -0.2) is 9.97 Å². The number of rotatable bonds is 2. The summed E-state index contributed by atoms with van der Waals surface area (Å²) in [6, 6.07) is 9.09. The average Bonchev–Trinajstić information content (AvgIpc) is 3.30. The maximum atomic E-state index is 5.28. The topological polar surface area (TPSA) is 34.0 Å². The van der Waals surface area contributed by atoms with E-state index in [1.807, 2.05) is 0 Å². The molecule has 0 saturated heterocycles. The van der Waals surface area contributed by atoms with Gasteiger partial charge in [0.25, 0.3) is 0 Å². The average molecular weight is 403 g/mol. The van der Waals surface area contributed by atoms with E-state index in [1.165, 1.54) is 47.9 Å². The zero-order valence-electron chi connectivity index (χ0n) is 19.3. The summed E-state index contributed by atoms with van der Waals surface area (Å²) in [5.41, 5.74) is 7.37. The minimum absolute atomic E-state index is 0.0293. The first-order chi connectivity index (χ1) is 14.3. The number of nitrogens with zero attached hydrogens (tertiary/aromatic N) is 4. The highest BCUT2D eigenvalue weighted by atomic mass is 15.4. The number of hydrogen-bond acceptors (Lipinski definition) is 3. The number of aryl methyl sites for hydroxylation is 2. The van der Waals surface area contributed by atoms with Crippen molar-refractivity contribution in [2.24, 2.45) is 0 Å². The van der Waals surface area contributed by atoms with Crippen LogP contribution in [-0.4, -0.2) is 21.1 Å². The second kappa shape index (κ2) is 6.57. The van der Waals surface area contributed by atoms with Gasteiger partial charge in [-0.05, 0) is 81.3 Å². The monoisotopic (exact) mass is 402 g/mol. The van der Waals surface area contributed by atoms with Crippen LogP contribution in [0.15, 0.2) is 24.3 Å². The minimum atomic E-state index is -0.0434. The summed E-state index contributed by atoms with van der Waals surface area (Å²) in [5.74, 6) is 2.25. The fourth-order valence-electron chi connectivity index (χ4n) is 5.47. The van der Waals surface area contributed by atoms with Crippen molar-refractivity contribution in [1.29, 1.82) is 0 Å². The van der Waals surface area contributed by atoms with E-state index in [9.17, 15) is 0 Å². The van der Waals surface area contributed by atoms with Crippen LogP contribution in [0.4, 0.5) is 5.82 Å². The SMILES string of the molecule is CCCN1c2nc(C(C)(C)C)ccc2-c2nc3cc(C)c(C)cc3n2C12CCCC2. The number of imidazole rings is 1. The van der Waals surface area contributed by atoms with E-state index in [0.717, 1.165) is 35.8 Å². The van der Waals surface area contributed by atoms with Crippen LogP contribution in [0.1, 0.15) is 76.6 Å². The summed E-state index contributed by atoms with van der Waals surface area (Å²) in [6.07, 6.45) is 5.97. The van der Waals surface area contributed by atoms with Gasteiger partial charge in [0.2, 0.25) is 0 Å². The molecule has 158 valence electrons. The third-order valence-electron chi connectivity index (χ3n) is 7.18. The molecule has 0 atom stereocenters. The first kappa shape index (κ1) is 19.6. The molecule has 2 aliphatic rings. The maximum Gasteiger partial charge on any atom is 0.146 e. The Morgan fingerprint density at radius 2 is 1.70 bits per heavy atom. The molecule has 4 heteroatoms. The van der Waals surface area contributed by atoms with Crippen LogP contribution in [0.2, 0.25) is 0 Å². The van der Waals surface area contributed by atoms with Crippen molar-refractivity contribution in [2.45, 2.75) is 84.7 Å². The third kappa shape index (κ3) is 2.65. The summed E-state index contributed by atoms with van der Waals surface area (Å²) < 4.78 is 2.58. The number of pyridine rings is 1. The lowest BCUT2D eigenvalue weighted by molar-refractivity contribution is 0.277. The number of hydrogen-bond donors (Lipinski definition) is 0. The standard InChI is InChI=1S/C26H34N4/c1-7-14-29-23-19(10-11-22(28-23)25(4,5)6)24-27-20-15-17(2)18(3)16-21(20)30(24)26(29)12-8-9-13-26/h10-11,15-16H,7-9,12-14H2,1-6H3. The molecule has 1 aliphatic carbocycles. The summed E-state index contributed by atoms with van der Waals surface area (Å²) >= 11 is 0. The quantitative estimate of drug-likeness (QED) is 0.492. The van der Waals surface area contributed by atoms with Gasteiger partial charge in [0.15, 0.2) is 0 Å². The molecule has 0 bridgehead atoms. The Morgan fingerprint density at radius 1 is 1.00 bits per heavy atom. The van der Waals surface area contributed by atoms with Crippen molar-refractivity contribution in [2.75, 3.05) is 11.4 Å². The molecule has 0 amide bonds. The van der Waals surface area contributed by atoms with Crippen LogP contribution in [-0.2, 0) is 11.1 Å². The molecule has 1 spiro atoms. The fourth-order valence-corrected chi connectivity index (χ4v) is 5.47. The molecule has 3 heterocycles. The summed E-state index contributed by atoms with van der Waals surface area (Å²) in [6.45, 7) is 14.5. The van der Waals surface area contributed by atoms with Crippen LogP contribution < -0.4 is 4.90 Å². The maximum absolute atomic E-state index is 5.28. The molecular weight excluding hydrogens is 368 g/mol. The van der Waals surface area contributed by atoms with Gasteiger partial charge in [-0.3, -0.25) is 4.57 Å². The van der Waals surface area contributed by atoms with Gasteiger partial charge in [0.1, 0.15) is 17.3 Å². The van der Waals surface area contributed by atoms with E-state index >= 15 is 0 Å². The molecule has 1 saturated carbocycles. The Bertz CT molecular complexity index is 1130. The summed E-state index contributed by atoms with van der Waals surface area (Å²) in [4.78, 5) is 13.1. The smallest absolute Gasteiger partial charge is 0.146 e. The van der Waals surface area contributed by atoms with Crippen molar-refractivity contribution >= 4 is 16.9 Å². The lowest BCUT2D eigenvalue weighted by atomic mass is 9.90. The minimum Gasteiger partial charge on any atom is -0.333 e. The molecule has 3 aromatic rings. The molecule has 1 aromatic carbocycles. The predicted molar refractivity (Wildman–Crippen MR) is 125 cm³/mol. The molecule has 1 fully saturated rings. The Kier molecular flexibility index (Phi) is 4.29. The Balaban J connectivity index is 1.87. The molecule has 1 aliphatic heterocycles. The third-order valence-corrected chi connectivity index (χ3v) is 7.18. The first-order valence-electron chi connectivity index (χ1n) is 11.6. The van der Waals surface area contributed by atoms with Crippen LogP contribution in [0.25, 0.3) is 22.4 Å². The highest BCUT2D eigenvalue weighted by molar-refractivity contribution is 5.87. The van der Waals surface area contributed by atoms with Gasteiger partial charge >= 0.3 is 0 Å². The lowest BCUT2D eigenvalue weighted by Crippen LogP contribution is -2.52. The number of anilines is 1. The molecule has 5 rings (SSSR count). The van der Waals surface area contributed by atoms with Crippen molar-refractivity contribution in [3.8, 4) is 11.4 Å². The lowest BCUT2D eigenvalue weighted by Gasteiger charge is -2.48. The molecule has 0 unspecified atom stereocenters. The molecular formula is C26H34N4. The van der Waals surface area contributed by atoms with Crippen LogP contribution in [0, 0.1) is 13.8 Å². The van der Waals surface area contributed by atoms with E-state index in [0.29, 0.717) is 0 Å². The Morgan fingerprint density at radius 3 is 2.37 bits per heavy atom. The van der Waals surface area contributed by atoms with Crippen molar-refractivity contribution in [3.63, 3.8) is 0 Å². The highest BCUT2D eigenvalue weighted by Crippen LogP contribution is 2.51. The first-order valence-corrected chi connectivity index (χ1v) is 11.6. The van der Waals surface area contributed by atoms with Gasteiger partial charge in [-0.1, -0.05) is 27.7 Å². The van der Waals surface area contributed by atoms with E-state index < -0.39 is 0 Å². The molecule has 0 radical (unpaired) electrons. The van der Waals surface area contributed by atoms with Gasteiger partial charge in [-0.15, -0.1) is 0 Å². The summed E-state index contributed by atoms with van der Waals surface area (Å²) in [7, 11) is 0. The van der Waals surface area contributed by atoms with Crippen LogP contribution in [0.3, 0.4) is 0 Å². The van der Waals surface area contributed by atoms with Crippen molar-refractivity contribution in [3.05, 3.63) is 41.1 Å². The Hall–Kier alpha value is -2.36. The molecule has 2 aromatic heterocycles. The number of aromatic nitrogens is 3. The molecule has 0 N–H and O–H groups in total. The van der Waals surface area contributed by atoms with E-state index in [1.54, 1.807) is 0 Å². The zero-order valence-corrected chi connectivity index (χ0v) is 19.3. The van der Waals surface area contributed by atoms with Gasteiger partial charge in [-0.2, -0.15) is 0 Å². The zero-order chi connectivity index (χ0) is 21.3. The van der Waals surface area contributed by atoms with Crippen LogP contribution >= 0.6 is 0 Å². The Labute approximate surface area is 180 Å². The predicted octanol–water partition coefficient (Wildman–Crippen LogP) is 6.47. The summed E-state index contributed by atoms with van der Waals surface area (Å²) in [5, 5.41) is 0. The second-order valence-electron chi connectivity index (χ2n) is 10.4. The van der Waals surface area contributed by atoms with Gasteiger partial charge in [0.05, 0.1) is 16.6 Å². The van der Waals surface area contributed by atoms with E-state index in [-0.39, 0.29) is 11.1 Å². The molecule has 30 heavy (non-hydrogen) atoms. The van der Waals surface area contributed by atoms with Gasteiger partial charge < -0.3 is 4.90 Å². The number of benzene rings is 1. The second-order valence-corrected chi connectivity index (χ2v) is 10.4. The van der Waals surface area contributed by atoms with Crippen molar-refractivity contribution < 1.29 is 0 Å². The number of fused-ring (bicyclic) bond motifs is 6. The van der Waals surface area contributed by atoms with E-state index in [2.05, 4.69) is 75.3 Å². The normalized spacial score (nSPS) is 17.6. The largest absolute Gasteiger partial charge is 0.333 e. The van der Waals surface area contributed by atoms with Crippen LogP contribution in [0.5, 0.6) is 0 Å². The van der Waals surface area contributed by atoms with Gasteiger partial charge in [0, 0.05) is 17.7 Å². The fraction of sp³-hybridized carbons (Fsp3) is 0.538. The van der Waals surface area contributed by atoms with E-state index in [4.69, 9.17) is 9.97 Å². The highest BCUT2D eigenvalue weighted by Gasteiger charge is 2.48.